The van der Waals surface area contributed by atoms with E-state index in [2.05, 4.69) is 15.4 Å². The Morgan fingerprint density at radius 1 is 1.48 bits per heavy atom. The molecule has 7 heteroatoms. The minimum atomic E-state index is -0.304. The molecule has 3 rings (SSSR count). The summed E-state index contributed by atoms with van der Waals surface area (Å²) in [6.45, 7) is 4.48. The number of amides is 1. The Kier molecular flexibility index (Phi) is 4.63. The first-order valence-electron chi connectivity index (χ1n) is 7.67. The molecule has 2 heterocycles. The number of hydrogen-bond acceptors (Lipinski definition) is 4. The minimum Gasteiger partial charge on any atom is -0.376 e. The van der Waals surface area contributed by atoms with Crippen LogP contribution in [0.5, 0.6) is 0 Å². The molecule has 0 unspecified atom stereocenters. The molecule has 2 atom stereocenters. The number of carbonyl (C=O) groups is 1. The van der Waals surface area contributed by atoms with Gasteiger partial charge in [-0.25, -0.2) is 9.67 Å². The van der Waals surface area contributed by atoms with Gasteiger partial charge in [0.25, 0.3) is 5.91 Å². The summed E-state index contributed by atoms with van der Waals surface area (Å²) in [7, 11) is 0. The summed E-state index contributed by atoms with van der Waals surface area (Å²) in [5.41, 5.74) is 0.699. The molecular weight excluding hydrogens is 316 g/mol. The van der Waals surface area contributed by atoms with Gasteiger partial charge in [-0.3, -0.25) is 4.79 Å². The summed E-state index contributed by atoms with van der Waals surface area (Å²) < 4.78 is 7.16. The van der Waals surface area contributed by atoms with Crippen molar-refractivity contribution in [1.29, 1.82) is 0 Å². The second kappa shape index (κ2) is 6.68. The molecule has 1 fully saturated rings. The fourth-order valence-electron chi connectivity index (χ4n) is 2.70. The van der Waals surface area contributed by atoms with E-state index >= 15 is 0 Å². The number of nitrogens with one attached hydrogen (secondary N) is 1. The maximum atomic E-state index is 12.4. The Balaban J connectivity index is 1.77. The normalized spacial score (nSPS) is 18.8. The zero-order chi connectivity index (χ0) is 16.4. The Hall–Kier alpha value is -1.92. The van der Waals surface area contributed by atoms with Gasteiger partial charge in [0, 0.05) is 6.61 Å². The number of nitrogens with zero attached hydrogens (tertiary/aromatic N) is 3. The van der Waals surface area contributed by atoms with Crippen LogP contribution in [0, 0.1) is 6.92 Å². The number of carbonyl (C=O) groups excluding carboxylic acids is 1. The lowest BCUT2D eigenvalue weighted by Crippen LogP contribution is -2.41. The molecule has 2 aromatic rings. The Labute approximate surface area is 139 Å². The number of ether oxygens (including phenoxy) is 1. The number of halogens is 1. The van der Waals surface area contributed by atoms with E-state index in [-0.39, 0.29) is 23.9 Å². The van der Waals surface area contributed by atoms with Crippen LogP contribution in [-0.4, -0.2) is 39.4 Å². The lowest BCUT2D eigenvalue weighted by molar-refractivity contribution is 0.0706. The third kappa shape index (κ3) is 3.38. The van der Waals surface area contributed by atoms with Crippen LogP contribution in [0.4, 0.5) is 0 Å². The molecule has 1 N–H and O–H groups in total. The molecule has 0 aliphatic carbocycles. The van der Waals surface area contributed by atoms with Crippen molar-refractivity contribution >= 4 is 17.5 Å². The van der Waals surface area contributed by atoms with Crippen LogP contribution in [-0.2, 0) is 4.74 Å². The number of para-hydroxylation sites is 1. The summed E-state index contributed by atoms with van der Waals surface area (Å²) in [6.07, 6.45) is 2.05. The highest BCUT2D eigenvalue weighted by atomic mass is 35.5. The van der Waals surface area contributed by atoms with Crippen molar-refractivity contribution in [2.45, 2.75) is 38.8 Å². The smallest absolute Gasteiger partial charge is 0.291 e. The summed E-state index contributed by atoms with van der Waals surface area (Å²) >= 11 is 6.18. The number of aryl methyl sites for hydroxylation is 1. The second-order valence-electron chi connectivity index (χ2n) is 5.66. The predicted molar refractivity (Wildman–Crippen MR) is 87.0 cm³/mol. The molecule has 1 aromatic carbocycles. The Bertz CT molecular complexity index is 710. The fourth-order valence-corrected chi connectivity index (χ4v) is 2.91. The van der Waals surface area contributed by atoms with Crippen LogP contribution < -0.4 is 5.32 Å². The molecule has 1 saturated heterocycles. The van der Waals surface area contributed by atoms with Crippen LogP contribution in [0.25, 0.3) is 5.69 Å². The molecule has 6 nitrogen and oxygen atoms in total. The molecule has 1 aromatic heterocycles. The van der Waals surface area contributed by atoms with E-state index in [1.165, 1.54) is 0 Å². The van der Waals surface area contributed by atoms with E-state index in [0.29, 0.717) is 16.5 Å². The number of aromatic nitrogens is 3. The first kappa shape index (κ1) is 16.0. The van der Waals surface area contributed by atoms with E-state index in [0.717, 1.165) is 19.4 Å². The van der Waals surface area contributed by atoms with Crippen molar-refractivity contribution in [3.8, 4) is 5.69 Å². The summed E-state index contributed by atoms with van der Waals surface area (Å²) in [6, 6.07) is 7.24. The molecule has 1 aliphatic heterocycles. The van der Waals surface area contributed by atoms with Gasteiger partial charge in [0.15, 0.2) is 0 Å². The largest absolute Gasteiger partial charge is 0.376 e. The zero-order valence-corrected chi connectivity index (χ0v) is 13.9. The SMILES string of the molecule is Cc1nc(C(=O)N[C@H](C)[C@@H]2CCCO2)nn1-c1ccccc1Cl. The molecule has 1 amide bonds. The van der Waals surface area contributed by atoms with E-state index in [9.17, 15) is 4.79 Å². The third-order valence-corrected chi connectivity index (χ3v) is 4.25. The van der Waals surface area contributed by atoms with Gasteiger partial charge in [0.1, 0.15) is 5.82 Å². The van der Waals surface area contributed by atoms with Crippen LogP contribution in [0.1, 0.15) is 36.2 Å². The fraction of sp³-hybridized carbons (Fsp3) is 0.438. The van der Waals surface area contributed by atoms with Gasteiger partial charge in [0.05, 0.1) is 22.9 Å². The average molecular weight is 335 g/mol. The van der Waals surface area contributed by atoms with Crippen LogP contribution in [0.15, 0.2) is 24.3 Å². The van der Waals surface area contributed by atoms with E-state index in [1.54, 1.807) is 17.7 Å². The molecule has 0 radical (unpaired) electrons. The van der Waals surface area contributed by atoms with Crippen molar-refractivity contribution < 1.29 is 9.53 Å². The highest BCUT2D eigenvalue weighted by molar-refractivity contribution is 6.32. The minimum absolute atomic E-state index is 0.0608. The quantitative estimate of drug-likeness (QED) is 0.932. The van der Waals surface area contributed by atoms with Crippen molar-refractivity contribution in [1.82, 2.24) is 20.1 Å². The standard InChI is InChI=1S/C16H19ClN4O2/c1-10(14-8-5-9-23-14)18-16(22)15-19-11(2)21(20-15)13-7-4-3-6-12(13)17/h3-4,6-7,10,14H,5,8-9H2,1-2H3,(H,18,22)/t10-,14+/m1/s1. The van der Waals surface area contributed by atoms with Gasteiger partial charge in [-0.2, -0.15) is 0 Å². The summed E-state index contributed by atoms with van der Waals surface area (Å²) in [5, 5.41) is 7.75. The number of rotatable bonds is 4. The Morgan fingerprint density at radius 3 is 2.96 bits per heavy atom. The van der Waals surface area contributed by atoms with E-state index in [4.69, 9.17) is 16.3 Å². The molecule has 0 bridgehead atoms. The van der Waals surface area contributed by atoms with Gasteiger partial charge in [-0.1, -0.05) is 23.7 Å². The van der Waals surface area contributed by atoms with E-state index < -0.39 is 0 Å². The lowest BCUT2D eigenvalue weighted by Gasteiger charge is -2.18. The first-order valence-corrected chi connectivity index (χ1v) is 8.05. The van der Waals surface area contributed by atoms with Gasteiger partial charge >= 0.3 is 0 Å². The van der Waals surface area contributed by atoms with Gasteiger partial charge < -0.3 is 10.1 Å². The molecule has 0 spiro atoms. The molecular formula is C16H19ClN4O2. The first-order chi connectivity index (χ1) is 11.1. The summed E-state index contributed by atoms with van der Waals surface area (Å²) in [5.74, 6) is 0.433. The van der Waals surface area contributed by atoms with Crippen molar-refractivity contribution in [2.24, 2.45) is 0 Å². The van der Waals surface area contributed by atoms with Crippen molar-refractivity contribution in [3.05, 3.63) is 40.9 Å². The second-order valence-corrected chi connectivity index (χ2v) is 6.07. The van der Waals surface area contributed by atoms with Crippen LogP contribution in [0.3, 0.4) is 0 Å². The lowest BCUT2D eigenvalue weighted by atomic mass is 10.1. The highest BCUT2D eigenvalue weighted by Gasteiger charge is 2.25. The highest BCUT2D eigenvalue weighted by Crippen LogP contribution is 2.20. The van der Waals surface area contributed by atoms with Gasteiger partial charge in [0.2, 0.25) is 5.82 Å². The van der Waals surface area contributed by atoms with Crippen LogP contribution in [0.2, 0.25) is 5.02 Å². The van der Waals surface area contributed by atoms with Crippen LogP contribution >= 0.6 is 11.6 Å². The van der Waals surface area contributed by atoms with E-state index in [1.807, 2.05) is 25.1 Å². The predicted octanol–water partition coefficient (Wildman–Crippen LogP) is 2.53. The molecule has 0 saturated carbocycles. The van der Waals surface area contributed by atoms with Crippen molar-refractivity contribution in [3.63, 3.8) is 0 Å². The number of benzene rings is 1. The van der Waals surface area contributed by atoms with Gasteiger partial charge in [-0.15, -0.1) is 5.10 Å². The third-order valence-electron chi connectivity index (χ3n) is 3.93. The topological polar surface area (TPSA) is 69.0 Å². The average Bonchev–Trinajstić information content (AvgIpc) is 3.17. The maximum Gasteiger partial charge on any atom is 0.291 e. The monoisotopic (exact) mass is 334 g/mol. The van der Waals surface area contributed by atoms with Gasteiger partial charge in [-0.05, 0) is 38.8 Å². The van der Waals surface area contributed by atoms with Crippen molar-refractivity contribution in [2.75, 3.05) is 6.61 Å². The Morgan fingerprint density at radius 2 is 2.26 bits per heavy atom. The zero-order valence-electron chi connectivity index (χ0n) is 13.1. The molecule has 23 heavy (non-hydrogen) atoms. The summed E-state index contributed by atoms with van der Waals surface area (Å²) in [4.78, 5) is 16.6. The maximum absolute atomic E-state index is 12.4. The molecule has 122 valence electrons. The number of hydrogen-bond donors (Lipinski definition) is 1. The molecule has 1 aliphatic rings.